The Hall–Kier alpha value is -1.84. The summed E-state index contributed by atoms with van der Waals surface area (Å²) in [5, 5.41) is 24.7. The Balaban J connectivity index is 1.84. The van der Waals surface area contributed by atoms with E-state index in [0.29, 0.717) is 15.6 Å². The van der Waals surface area contributed by atoms with Gasteiger partial charge in [0.2, 0.25) is 5.91 Å². The Morgan fingerprint density at radius 3 is 2.76 bits per heavy atom. The first-order valence-electron chi connectivity index (χ1n) is 8.42. The molecule has 3 rings (SSSR count). The molecular formula is C18H18ClN2O3S-. The maximum absolute atomic E-state index is 12.7. The standard InChI is InChI=1S/C18H19ClN2O3S/c19-10-6-7-12(18(23)24)13(8-10)16(22)21-17-14(9-20)11-4-2-1-3-5-15(11)25-17/h6,12-13H,1-5,7-8H2,(H,21,22)(H,23,24)/p-1/t12-,13-/m0/s1. The lowest BCUT2D eigenvalue weighted by atomic mass is 9.82. The quantitative estimate of drug-likeness (QED) is 0.819. The lowest BCUT2D eigenvalue weighted by molar-refractivity contribution is -0.313. The molecule has 1 aromatic rings. The Labute approximate surface area is 155 Å². The molecule has 0 unspecified atom stereocenters. The second-order valence-corrected chi connectivity index (χ2v) is 8.08. The minimum atomic E-state index is -1.25. The molecule has 2 atom stereocenters. The van der Waals surface area contributed by atoms with Crippen molar-refractivity contribution in [2.75, 3.05) is 5.32 Å². The van der Waals surface area contributed by atoms with Gasteiger partial charge in [0.25, 0.3) is 0 Å². The number of hydrogen-bond donors (Lipinski definition) is 1. The van der Waals surface area contributed by atoms with Gasteiger partial charge in [-0.15, -0.1) is 11.3 Å². The van der Waals surface area contributed by atoms with Crippen LogP contribution in [0.1, 0.15) is 48.1 Å². The highest BCUT2D eigenvalue weighted by molar-refractivity contribution is 7.16. The highest BCUT2D eigenvalue weighted by Crippen LogP contribution is 2.38. The van der Waals surface area contributed by atoms with Gasteiger partial charge in [-0.2, -0.15) is 5.26 Å². The van der Waals surface area contributed by atoms with E-state index >= 15 is 0 Å². The molecule has 0 saturated heterocycles. The zero-order chi connectivity index (χ0) is 18.0. The van der Waals surface area contributed by atoms with E-state index < -0.39 is 23.7 Å². The first-order chi connectivity index (χ1) is 12.0. The number of amides is 1. The van der Waals surface area contributed by atoms with E-state index in [4.69, 9.17) is 11.6 Å². The van der Waals surface area contributed by atoms with Crippen LogP contribution in [0.3, 0.4) is 0 Å². The number of allylic oxidation sites excluding steroid dienone is 2. The van der Waals surface area contributed by atoms with E-state index in [1.54, 1.807) is 6.08 Å². The molecule has 1 aromatic heterocycles. The number of nitrogens with zero attached hydrogens (tertiary/aromatic N) is 1. The number of hydrogen-bond acceptors (Lipinski definition) is 5. The fourth-order valence-corrected chi connectivity index (χ4v) is 5.04. The molecule has 5 nitrogen and oxygen atoms in total. The third kappa shape index (κ3) is 3.73. The van der Waals surface area contributed by atoms with Crippen molar-refractivity contribution in [3.8, 4) is 6.07 Å². The molecule has 25 heavy (non-hydrogen) atoms. The van der Waals surface area contributed by atoms with E-state index in [1.165, 1.54) is 11.3 Å². The van der Waals surface area contributed by atoms with E-state index in [9.17, 15) is 20.0 Å². The highest BCUT2D eigenvalue weighted by Gasteiger charge is 2.33. The number of carboxylic acid groups (broad SMARTS) is 1. The third-order valence-corrected chi connectivity index (χ3v) is 6.42. The molecule has 0 spiro atoms. The first kappa shape index (κ1) is 18.0. The van der Waals surface area contributed by atoms with Gasteiger partial charge in [0, 0.05) is 21.8 Å². The second-order valence-electron chi connectivity index (χ2n) is 6.49. The summed E-state index contributed by atoms with van der Waals surface area (Å²) in [6.45, 7) is 0. The summed E-state index contributed by atoms with van der Waals surface area (Å²) in [6.07, 6.45) is 7.04. The number of carbonyl (C=O) groups excluding carboxylic acids is 2. The van der Waals surface area contributed by atoms with Gasteiger partial charge in [0.05, 0.1) is 11.5 Å². The van der Waals surface area contributed by atoms with Crippen molar-refractivity contribution in [2.45, 2.75) is 44.9 Å². The molecular weight excluding hydrogens is 360 g/mol. The third-order valence-electron chi connectivity index (χ3n) is 4.90. The number of aryl methyl sites for hydroxylation is 1. The van der Waals surface area contributed by atoms with Gasteiger partial charge in [-0.3, -0.25) is 4.79 Å². The molecule has 1 heterocycles. The topological polar surface area (TPSA) is 93.0 Å². The Morgan fingerprint density at radius 1 is 1.28 bits per heavy atom. The normalized spacial score (nSPS) is 23.0. The number of carbonyl (C=O) groups is 2. The summed E-state index contributed by atoms with van der Waals surface area (Å²) >= 11 is 7.44. The molecule has 2 aliphatic rings. The SMILES string of the molecule is N#Cc1c(NC(=O)[C@H]2CC(Cl)=CC[C@@H]2C(=O)[O-])sc2c1CCCCC2. The molecule has 1 amide bonds. The maximum Gasteiger partial charge on any atom is 0.229 e. The predicted molar refractivity (Wildman–Crippen MR) is 94.1 cm³/mol. The molecule has 0 aromatic carbocycles. The number of halogens is 1. The zero-order valence-corrected chi connectivity index (χ0v) is 15.2. The summed E-state index contributed by atoms with van der Waals surface area (Å²) in [6, 6.07) is 2.21. The molecule has 0 aliphatic heterocycles. The summed E-state index contributed by atoms with van der Waals surface area (Å²) in [5.74, 6) is -3.34. The van der Waals surface area contributed by atoms with E-state index in [-0.39, 0.29) is 12.8 Å². The van der Waals surface area contributed by atoms with Crippen molar-refractivity contribution >= 4 is 39.8 Å². The monoisotopic (exact) mass is 377 g/mol. The van der Waals surface area contributed by atoms with Crippen molar-refractivity contribution in [1.29, 1.82) is 5.26 Å². The first-order valence-corrected chi connectivity index (χ1v) is 9.61. The van der Waals surface area contributed by atoms with Crippen molar-refractivity contribution in [3.63, 3.8) is 0 Å². The van der Waals surface area contributed by atoms with E-state index in [2.05, 4.69) is 11.4 Å². The fourth-order valence-electron chi connectivity index (χ4n) is 3.54. The molecule has 0 saturated carbocycles. The van der Waals surface area contributed by atoms with Crippen LogP contribution < -0.4 is 10.4 Å². The van der Waals surface area contributed by atoms with Crippen molar-refractivity contribution < 1.29 is 14.7 Å². The Bertz CT molecular complexity index is 778. The number of rotatable bonds is 3. The number of aliphatic carboxylic acids is 1. The van der Waals surface area contributed by atoms with Gasteiger partial charge >= 0.3 is 0 Å². The molecule has 1 N–H and O–H groups in total. The number of fused-ring (bicyclic) bond motifs is 1. The summed E-state index contributed by atoms with van der Waals surface area (Å²) in [5.41, 5.74) is 1.57. The van der Waals surface area contributed by atoms with Crippen LogP contribution in [0, 0.1) is 23.2 Å². The van der Waals surface area contributed by atoms with Crippen LogP contribution in [0.2, 0.25) is 0 Å². The van der Waals surface area contributed by atoms with Gasteiger partial charge in [-0.05, 0) is 44.1 Å². The lowest BCUT2D eigenvalue weighted by Gasteiger charge is -2.29. The molecule has 0 fully saturated rings. The van der Waals surface area contributed by atoms with Crippen LogP contribution in [-0.2, 0) is 22.4 Å². The average Bonchev–Trinajstić information content (AvgIpc) is 2.74. The largest absolute Gasteiger partial charge is 0.550 e. The molecule has 0 radical (unpaired) electrons. The number of thiophene rings is 1. The molecule has 2 aliphatic carbocycles. The number of nitrogens with one attached hydrogen (secondary N) is 1. The second kappa shape index (κ2) is 7.59. The smallest absolute Gasteiger partial charge is 0.229 e. The fraction of sp³-hybridized carbons (Fsp3) is 0.500. The number of nitriles is 1. The van der Waals surface area contributed by atoms with Crippen molar-refractivity contribution in [3.05, 3.63) is 27.1 Å². The van der Waals surface area contributed by atoms with Crippen LogP contribution in [-0.4, -0.2) is 11.9 Å². The van der Waals surface area contributed by atoms with Gasteiger partial charge in [0.15, 0.2) is 0 Å². The Morgan fingerprint density at radius 2 is 2.04 bits per heavy atom. The highest BCUT2D eigenvalue weighted by atomic mass is 35.5. The van der Waals surface area contributed by atoms with Crippen LogP contribution >= 0.6 is 22.9 Å². The van der Waals surface area contributed by atoms with Gasteiger partial charge in [0.1, 0.15) is 11.1 Å². The van der Waals surface area contributed by atoms with Crippen LogP contribution in [0.15, 0.2) is 11.1 Å². The van der Waals surface area contributed by atoms with E-state index in [1.807, 2.05) is 0 Å². The van der Waals surface area contributed by atoms with Crippen LogP contribution in [0.4, 0.5) is 5.00 Å². The van der Waals surface area contributed by atoms with Crippen molar-refractivity contribution in [1.82, 2.24) is 0 Å². The number of carboxylic acids is 1. The maximum atomic E-state index is 12.7. The van der Waals surface area contributed by atoms with Crippen LogP contribution in [0.25, 0.3) is 0 Å². The van der Waals surface area contributed by atoms with Crippen molar-refractivity contribution in [2.24, 2.45) is 11.8 Å². The molecule has 7 heteroatoms. The Kier molecular flexibility index (Phi) is 5.45. The molecule has 132 valence electrons. The summed E-state index contributed by atoms with van der Waals surface area (Å²) in [4.78, 5) is 25.2. The van der Waals surface area contributed by atoms with E-state index in [0.717, 1.165) is 42.5 Å². The average molecular weight is 378 g/mol. The minimum Gasteiger partial charge on any atom is -0.550 e. The zero-order valence-electron chi connectivity index (χ0n) is 13.6. The molecule has 0 bridgehead atoms. The summed E-state index contributed by atoms with van der Waals surface area (Å²) < 4.78 is 0. The van der Waals surface area contributed by atoms with Gasteiger partial charge < -0.3 is 15.2 Å². The number of anilines is 1. The summed E-state index contributed by atoms with van der Waals surface area (Å²) in [7, 11) is 0. The van der Waals surface area contributed by atoms with Crippen LogP contribution in [0.5, 0.6) is 0 Å². The lowest BCUT2D eigenvalue weighted by Crippen LogP contribution is -2.42. The van der Waals surface area contributed by atoms with Gasteiger partial charge in [-0.1, -0.05) is 24.1 Å². The minimum absolute atomic E-state index is 0.180. The van der Waals surface area contributed by atoms with Gasteiger partial charge in [-0.25, -0.2) is 0 Å². The predicted octanol–water partition coefficient (Wildman–Crippen LogP) is 2.73.